The van der Waals surface area contributed by atoms with Crippen molar-refractivity contribution >= 4 is 17.3 Å². The maximum absolute atomic E-state index is 14.3. The van der Waals surface area contributed by atoms with Gasteiger partial charge >= 0.3 is 0 Å². The SMILES string of the molecule is O=C(Nc1cc(-c2cc(NC3CCCNC3)c(=O)[nH]n2)ccc1F)c1cnccn1. The molecule has 1 aromatic carbocycles. The van der Waals surface area contributed by atoms with Crippen LogP contribution in [0.3, 0.4) is 0 Å². The van der Waals surface area contributed by atoms with Gasteiger partial charge in [-0.3, -0.25) is 14.6 Å². The van der Waals surface area contributed by atoms with E-state index in [4.69, 9.17) is 0 Å². The second-order valence-electron chi connectivity index (χ2n) is 6.92. The maximum Gasteiger partial charge on any atom is 0.287 e. The predicted octanol–water partition coefficient (Wildman–Crippen LogP) is 1.78. The number of rotatable bonds is 5. The highest BCUT2D eigenvalue weighted by Gasteiger charge is 2.16. The molecule has 0 aliphatic carbocycles. The van der Waals surface area contributed by atoms with Gasteiger partial charge in [-0.25, -0.2) is 14.5 Å². The number of piperidine rings is 1. The number of aromatic amines is 1. The molecule has 1 saturated heterocycles. The molecule has 1 atom stereocenters. The predicted molar refractivity (Wildman–Crippen MR) is 110 cm³/mol. The lowest BCUT2D eigenvalue weighted by Gasteiger charge is -2.24. The number of carbonyl (C=O) groups is 1. The van der Waals surface area contributed by atoms with E-state index < -0.39 is 11.7 Å². The van der Waals surface area contributed by atoms with Crippen molar-refractivity contribution in [3.63, 3.8) is 0 Å². The van der Waals surface area contributed by atoms with Gasteiger partial charge in [-0.1, -0.05) is 0 Å². The summed E-state index contributed by atoms with van der Waals surface area (Å²) < 4.78 is 14.3. The van der Waals surface area contributed by atoms with E-state index in [1.807, 2.05) is 0 Å². The van der Waals surface area contributed by atoms with Gasteiger partial charge < -0.3 is 16.0 Å². The van der Waals surface area contributed by atoms with Crippen molar-refractivity contribution in [3.8, 4) is 11.3 Å². The molecule has 0 radical (unpaired) electrons. The summed E-state index contributed by atoms with van der Waals surface area (Å²) >= 11 is 0. The van der Waals surface area contributed by atoms with Crippen LogP contribution in [0.25, 0.3) is 11.3 Å². The minimum atomic E-state index is -0.605. The number of nitrogens with zero attached hydrogens (tertiary/aromatic N) is 3. The van der Waals surface area contributed by atoms with Gasteiger partial charge in [0.15, 0.2) is 0 Å². The molecule has 0 saturated carbocycles. The number of hydrogen-bond donors (Lipinski definition) is 4. The van der Waals surface area contributed by atoms with Crippen LogP contribution in [0.5, 0.6) is 0 Å². The highest BCUT2D eigenvalue weighted by molar-refractivity contribution is 6.03. The quantitative estimate of drug-likeness (QED) is 0.506. The third-order valence-electron chi connectivity index (χ3n) is 4.77. The Kier molecular flexibility index (Phi) is 5.75. The summed E-state index contributed by atoms with van der Waals surface area (Å²) in [6, 6.07) is 5.97. The Bertz CT molecular complexity index is 1100. The van der Waals surface area contributed by atoms with Gasteiger partial charge in [0.05, 0.1) is 17.6 Å². The molecule has 1 aliphatic heterocycles. The average Bonchev–Trinajstić information content (AvgIpc) is 2.78. The molecule has 0 bridgehead atoms. The van der Waals surface area contributed by atoms with Crippen molar-refractivity contribution < 1.29 is 9.18 Å². The molecular formula is C20H20FN7O2. The molecule has 0 spiro atoms. The summed E-state index contributed by atoms with van der Waals surface area (Å²) in [5, 5.41) is 15.5. The van der Waals surface area contributed by atoms with Crippen molar-refractivity contribution in [2.45, 2.75) is 18.9 Å². The van der Waals surface area contributed by atoms with Gasteiger partial charge in [0.25, 0.3) is 11.5 Å². The third-order valence-corrected chi connectivity index (χ3v) is 4.77. The van der Waals surface area contributed by atoms with Crippen LogP contribution in [-0.4, -0.2) is 45.2 Å². The zero-order valence-corrected chi connectivity index (χ0v) is 16.0. The van der Waals surface area contributed by atoms with Crippen LogP contribution >= 0.6 is 0 Å². The van der Waals surface area contributed by atoms with Crippen LogP contribution in [0.1, 0.15) is 23.3 Å². The number of benzene rings is 1. The van der Waals surface area contributed by atoms with Gasteiger partial charge in [0.1, 0.15) is 17.2 Å². The van der Waals surface area contributed by atoms with E-state index in [1.54, 1.807) is 6.07 Å². The maximum atomic E-state index is 14.3. The molecule has 1 fully saturated rings. The Morgan fingerprint density at radius 1 is 1.20 bits per heavy atom. The summed E-state index contributed by atoms with van der Waals surface area (Å²) in [6.45, 7) is 1.74. The average molecular weight is 409 g/mol. The van der Waals surface area contributed by atoms with Crippen LogP contribution in [0, 0.1) is 5.82 Å². The van der Waals surface area contributed by atoms with Gasteiger partial charge in [-0.05, 0) is 43.7 Å². The first-order chi connectivity index (χ1) is 14.6. The molecule has 9 nitrogen and oxygen atoms in total. The minimum absolute atomic E-state index is 0.0258. The lowest BCUT2D eigenvalue weighted by Crippen LogP contribution is -2.39. The first-order valence-corrected chi connectivity index (χ1v) is 9.54. The summed E-state index contributed by atoms with van der Waals surface area (Å²) in [5.74, 6) is -1.19. The topological polar surface area (TPSA) is 125 Å². The Morgan fingerprint density at radius 3 is 2.87 bits per heavy atom. The molecule has 1 aliphatic rings. The van der Waals surface area contributed by atoms with Crippen LogP contribution in [0.15, 0.2) is 47.7 Å². The van der Waals surface area contributed by atoms with Gasteiger partial charge in [0, 0.05) is 30.5 Å². The second kappa shape index (κ2) is 8.78. The summed E-state index contributed by atoms with van der Waals surface area (Å²) in [7, 11) is 0. The first kappa shape index (κ1) is 19.6. The zero-order valence-electron chi connectivity index (χ0n) is 16.0. The molecule has 2 aromatic heterocycles. The molecule has 154 valence electrons. The second-order valence-corrected chi connectivity index (χ2v) is 6.92. The van der Waals surface area contributed by atoms with Gasteiger partial charge in [-0.2, -0.15) is 5.10 Å². The van der Waals surface area contributed by atoms with E-state index >= 15 is 0 Å². The van der Waals surface area contributed by atoms with E-state index in [1.165, 1.54) is 36.8 Å². The Labute approximate surface area is 171 Å². The number of anilines is 2. The largest absolute Gasteiger partial charge is 0.376 e. The lowest BCUT2D eigenvalue weighted by molar-refractivity contribution is 0.102. The summed E-state index contributed by atoms with van der Waals surface area (Å²) in [4.78, 5) is 32.2. The summed E-state index contributed by atoms with van der Waals surface area (Å²) in [6.07, 6.45) is 6.09. The zero-order chi connectivity index (χ0) is 20.9. The van der Waals surface area contributed by atoms with E-state index in [2.05, 4.69) is 36.1 Å². The number of nitrogens with one attached hydrogen (secondary N) is 4. The fourth-order valence-electron chi connectivity index (χ4n) is 3.24. The van der Waals surface area contributed by atoms with Crippen LogP contribution < -0.4 is 21.5 Å². The molecule has 1 amide bonds. The normalized spacial score (nSPS) is 16.1. The third kappa shape index (κ3) is 4.49. The molecule has 4 N–H and O–H groups in total. The van der Waals surface area contributed by atoms with Crippen molar-refractivity contribution in [1.82, 2.24) is 25.5 Å². The number of amides is 1. The first-order valence-electron chi connectivity index (χ1n) is 9.54. The minimum Gasteiger partial charge on any atom is -0.376 e. The highest BCUT2D eigenvalue weighted by Crippen LogP contribution is 2.25. The smallest absolute Gasteiger partial charge is 0.287 e. The molecule has 10 heteroatoms. The monoisotopic (exact) mass is 409 g/mol. The highest BCUT2D eigenvalue weighted by atomic mass is 19.1. The number of carbonyl (C=O) groups excluding carboxylic acids is 1. The van der Waals surface area contributed by atoms with E-state index in [0.717, 1.165) is 25.9 Å². The van der Waals surface area contributed by atoms with Crippen molar-refractivity contribution in [1.29, 1.82) is 0 Å². The van der Waals surface area contributed by atoms with Gasteiger partial charge in [0.2, 0.25) is 0 Å². The lowest BCUT2D eigenvalue weighted by atomic mass is 10.1. The van der Waals surface area contributed by atoms with Crippen LogP contribution in [-0.2, 0) is 0 Å². The Morgan fingerprint density at radius 2 is 2.10 bits per heavy atom. The van der Waals surface area contributed by atoms with E-state index in [0.29, 0.717) is 16.9 Å². The summed E-state index contributed by atoms with van der Waals surface area (Å²) in [5.41, 5.74) is 1.08. The van der Waals surface area contributed by atoms with E-state index in [-0.39, 0.29) is 23.0 Å². The van der Waals surface area contributed by atoms with Crippen molar-refractivity contribution in [2.24, 2.45) is 0 Å². The Hall–Kier alpha value is -3.66. The number of aromatic nitrogens is 4. The van der Waals surface area contributed by atoms with Crippen molar-refractivity contribution in [3.05, 3.63) is 64.7 Å². The Balaban J connectivity index is 1.58. The molecule has 4 rings (SSSR count). The number of hydrogen-bond acceptors (Lipinski definition) is 7. The van der Waals surface area contributed by atoms with Crippen LogP contribution in [0.4, 0.5) is 15.8 Å². The standard InChI is InChI=1S/C20H20FN7O2/c21-14-4-3-12(8-16(14)26-19(29)18-11-23-6-7-24-18)15-9-17(20(30)28-27-15)25-13-2-1-5-22-10-13/h3-4,6-9,11,13,22H,1-2,5,10H2,(H,25,27)(H,26,29)(H,28,30). The fourth-order valence-corrected chi connectivity index (χ4v) is 3.24. The van der Waals surface area contributed by atoms with Gasteiger partial charge in [-0.15, -0.1) is 0 Å². The number of H-pyrrole nitrogens is 1. The molecule has 3 heterocycles. The van der Waals surface area contributed by atoms with E-state index in [9.17, 15) is 14.0 Å². The molecule has 30 heavy (non-hydrogen) atoms. The molecular weight excluding hydrogens is 389 g/mol. The van der Waals surface area contributed by atoms with Crippen molar-refractivity contribution in [2.75, 3.05) is 23.7 Å². The van der Waals surface area contributed by atoms with Crippen LogP contribution in [0.2, 0.25) is 0 Å². The fraction of sp³-hybridized carbons (Fsp3) is 0.250. The number of halogens is 1. The molecule has 3 aromatic rings. The molecule has 1 unspecified atom stereocenters.